The van der Waals surface area contributed by atoms with Crippen LogP contribution in [0.3, 0.4) is 0 Å². The van der Waals surface area contributed by atoms with Crippen molar-refractivity contribution < 1.29 is 18.8 Å². The number of aromatic nitrogens is 2. The summed E-state index contributed by atoms with van der Waals surface area (Å²) in [6, 6.07) is 5.39. The molecule has 2 aromatic heterocycles. The summed E-state index contributed by atoms with van der Waals surface area (Å²) in [5, 5.41) is 6.28. The SMILES string of the molecule is COC(=O)NCC(=O)N(C)Cc1cc(-c2ccncc2)no1. The second kappa shape index (κ2) is 7.21. The number of carbonyl (C=O) groups is 2. The number of amides is 2. The number of hydrogen-bond donors (Lipinski definition) is 1. The van der Waals surface area contributed by atoms with E-state index >= 15 is 0 Å². The first-order chi connectivity index (χ1) is 10.6. The van der Waals surface area contributed by atoms with Gasteiger partial charge in [-0.25, -0.2) is 4.79 Å². The molecular weight excluding hydrogens is 288 g/mol. The second-order valence-corrected chi connectivity index (χ2v) is 4.51. The molecule has 0 aliphatic heterocycles. The number of methoxy groups -OCH3 is 1. The molecule has 2 aromatic rings. The molecule has 8 nitrogen and oxygen atoms in total. The molecule has 0 radical (unpaired) electrons. The maximum absolute atomic E-state index is 11.8. The summed E-state index contributed by atoms with van der Waals surface area (Å²) in [5.41, 5.74) is 1.55. The molecule has 1 N–H and O–H groups in total. The number of ether oxygens (including phenoxy) is 1. The third kappa shape index (κ3) is 4.05. The predicted molar refractivity (Wildman–Crippen MR) is 76.6 cm³/mol. The largest absolute Gasteiger partial charge is 0.453 e. The highest BCUT2D eigenvalue weighted by molar-refractivity contribution is 5.81. The molecule has 0 fully saturated rings. The zero-order chi connectivity index (χ0) is 15.9. The average molecular weight is 304 g/mol. The Morgan fingerprint density at radius 1 is 1.36 bits per heavy atom. The van der Waals surface area contributed by atoms with Gasteiger partial charge in [0, 0.05) is 31.1 Å². The van der Waals surface area contributed by atoms with Crippen molar-refractivity contribution in [2.45, 2.75) is 6.54 Å². The normalized spacial score (nSPS) is 10.1. The molecule has 8 heteroatoms. The first kappa shape index (κ1) is 15.5. The molecular formula is C14H16N4O4. The van der Waals surface area contributed by atoms with Crippen LogP contribution in [0.1, 0.15) is 5.76 Å². The molecule has 2 amide bonds. The van der Waals surface area contributed by atoms with Crippen molar-refractivity contribution in [1.82, 2.24) is 20.4 Å². The summed E-state index contributed by atoms with van der Waals surface area (Å²) in [6.45, 7) is 0.105. The van der Waals surface area contributed by atoms with Crippen molar-refractivity contribution in [3.05, 3.63) is 36.4 Å². The third-order valence-electron chi connectivity index (χ3n) is 2.92. The molecule has 0 saturated heterocycles. The van der Waals surface area contributed by atoms with Crippen LogP contribution >= 0.6 is 0 Å². The van der Waals surface area contributed by atoms with Crippen molar-refractivity contribution in [2.75, 3.05) is 20.7 Å². The number of rotatable bonds is 5. The quantitative estimate of drug-likeness (QED) is 0.886. The lowest BCUT2D eigenvalue weighted by Gasteiger charge is -2.15. The van der Waals surface area contributed by atoms with Gasteiger partial charge in [-0.05, 0) is 12.1 Å². The van der Waals surface area contributed by atoms with Crippen LogP contribution in [0.15, 0.2) is 35.1 Å². The first-order valence-electron chi connectivity index (χ1n) is 6.52. The highest BCUT2D eigenvalue weighted by Gasteiger charge is 2.14. The molecule has 0 aromatic carbocycles. The van der Waals surface area contributed by atoms with Gasteiger partial charge in [0.05, 0.1) is 13.7 Å². The highest BCUT2D eigenvalue weighted by atomic mass is 16.5. The van der Waals surface area contributed by atoms with Crippen molar-refractivity contribution in [1.29, 1.82) is 0 Å². The Morgan fingerprint density at radius 2 is 2.09 bits per heavy atom. The standard InChI is InChI=1S/C14H16N4O4/c1-18(13(19)8-16-14(20)21-2)9-11-7-12(17-22-11)10-3-5-15-6-4-10/h3-7H,8-9H2,1-2H3,(H,16,20). The Labute approximate surface area is 127 Å². The summed E-state index contributed by atoms with van der Waals surface area (Å²) in [7, 11) is 2.84. The van der Waals surface area contributed by atoms with E-state index in [1.165, 1.54) is 12.0 Å². The lowest BCUT2D eigenvalue weighted by atomic mass is 10.2. The number of pyridine rings is 1. The molecule has 2 heterocycles. The predicted octanol–water partition coefficient (Wildman–Crippen LogP) is 1.05. The van der Waals surface area contributed by atoms with Gasteiger partial charge in [0.1, 0.15) is 12.2 Å². The molecule has 0 spiro atoms. The van der Waals surface area contributed by atoms with Crippen LogP contribution in [0.4, 0.5) is 4.79 Å². The van der Waals surface area contributed by atoms with Crippen LogP contribution in [0.25, 0.3) is 11.3 Å². The van der Waals surface area contributed by atoms with Crippen molar-refractivity contribution in [3.8, 4) is 11.3 Å². The second-order valence-electron chi connectivity index (χ2n) is 4.51. The molecule has 0 unspecified atom stereocenters. The number of alkyl carbamates (subject to hydrolysis) is 1. The molecule has 116 valence electrons. The Kier molecular flexibility index (Phi) is 5.07. The van der Waals surface area contributed by atoms with Gasteiger partial charge in [0.25, 0.3) is 0 Å². The monoisotopic (exact) mass is 304 g/mol. The van der Waals surface area contributed by atoms with E-state index in [1.54, 1.807) is 25.5 Å². The van der Waals surface area contributed by atoms with Crippen LogP contribution in [0, 0.1) is 0 Å². The molecule has 22 heavy (non-hydrogen) atoms. The van der Waals surface area contributed by atoms with Gasteiger partial charge >= 0.3 is 6.09 Å². The van der Waals surface area contributed by atoms with E-state index in [0.29, 0.717) is 11.5 Å². The topological polar surface area (TPSA) is 97.6 Å². The van der Waals surface area contributed by atoms with Crippen molar-refractivity contribution in [2.24, 2.45) is 0 Å². The molecule has 0 bridgehead atoms. The zero-order valence-electron chi connectivity index (χ0n) is 12.3. The minimum Gasteiger partial charge on any atom is -0.453 e. The van der Waals surface area contributed by atoms with Crippen molar-refractivity contribution >= 4 is 12.0 Å². The maximum Gasteiger partial charge on any atom is 0.407 e. The van der Waals surface area contributed by atoms with E-state index in [0.717, 1.165) is 5.56 Å². The summed E-state index contributed by atoms with van der Waals surface area (Å²) in [6.07, 6.45) is 2.68. The smallest absolute Gasteiger partial charge is 0.407 e. The Morgan fingerprint density at radius 3 is 2.77 bits per heavy atom. The number of hydrogen-bond acceptors (Lipinski definition) is 6. The van der Waals surface area contributed by atoms with Crippen LogP contribution in [-0.4, -0.2) is 47.7 Å². The van der Waals surface area contributed by atoms with Gasteiger partial charge in [-0.15, -0.1) is 0 Å². The highest BCUT2D eigenvalue weighted by Crippen LogP contribution is 2.18. The third-order valence-corrected chi connectivity index (χ3v) is 2.92. The van der Waals surface area contributed by atoms with E-state index in [4.69, 9.17) is 4.52 Å². The lowest BCUT2D eigenvalue weighted by molar-refractivity contribution is -0.129. The van der Waals surface area contributed by atoms with Crippen LogP contribution in [0.5, 0.6) is 0 Å². The first-order valence-corrected chi connectivity index (χ1v) is 6.52. The van der Waals surface area contributed by atoms with Gasteiger partial charge in [-0.1, -0.05) is 5.16 Å². The number of nitrogens with one attached hydrogen (secondary N) is 1. The lowest BCUT2D eigenvalue weighted by Crippen LogP contribution is -2.37. The fourth-order valence-electron chi connectivity index (χ4n) is 1.72. The zero-order valence-corrected chi connectivity index (χ0v) is 12.3. The van der Waals surface area contributed by atoms with E-state index in [-0.39, 0.29) is 19.0 Å². The summed E-state index contributed by atoms with van der Waals surface area (Å²) in [5.74, 6) is 0.271. The Hall–Kier alpha value is -2.90. The number of carbonyl (C=O) groups excluding carboxylic acids is 2. The molecule has 2 rings (SSSR count). The van der Waals surface area contributed by atoms with Gasteiger partial charge in [-0.2, -0.15) is 0 Å². The molecule has 0 saturated carbocycles. The van der Waals surface area contributed by atoms with Crippen LogP contribution < -0.4 is 5.32 Å². The fourth-order valence-corrected chi connectivity index (χ4v) is 1.72. The molecule has 0 aliphatic carbocycles. The van der Waals surface area contributed by atoms with E-state index in [2.05, 4.69) is 20.2 Å². The molecule has 0 atom stereocenters. The number of nitrogens with zero attached hydrogens (tertiary/aromatic N) is 3. The van der Waals surface area contributed by atoms with Crippen molar-refractivity contribution in [3.63, 3.8) is 0 Å². The maximum atomic E-state index is 11.8. The van der Waals surface area contributed by atoms with Crippen LogP contribution in [-0.2, 0) is 16.1 Å². The summed E-state index contributed by atoms with van der Waals surface area (Å²) >= 11 is 0. The minimum absolute atomic E-state index is 0.144. The fraction of sp³-hybridized carbons (Fsp3) is 0.286. The van der Waals surface area contributed by atoms with E-state index in [9.17, 15) is 9.59 Å². The van der Waals surface area contributed by atoms with Gasteiger partial charge in [0.2, 0.25) is 5.91 Å². The Balaban J connectivity index is 1.92. The number of likely N-dealkylation sites (N-methyl/N-ethyl adjacent to an activating group) is 1. The average Bonchev–Trinajstić information content (AvgIpc) is 3.01. The Bertz CT molecular complexity index is 641. The minimum atomic E-state index is -0.651. The van der Waals surface area contributed by atoms with Crippen LogP contribution in [0.2, 0.25) is 0 Å². The van der Waals surface area contributed by atoms with E-state index in [1.807, 2.05) is 12.1 Å². The van der Waals surface area contributed by atoms with E-state index < -0.39 is 6.09 Å². The summed E-state index contributed by atoms with van der Waals surface area (Å²) < 4.78 is 9.61. The van der Waals surface area contributed by atoms with Gasteiger partial charge in [-0.3, -0.25) is 9.78 Å². The summed E-state index contributed by atoms with van der Waals surface area (Å²) in [4.78, 5) is 28.1. The van der Waals surface area contributed by atoms with Gasteiger partial charge < -0.3 is 19.5 Å². The van der Waals surface area contributed by atoms with Gasteiger partial charge in [0.15, 0.2) is 5.76 Å². The molecule has 0 aliphatic rings.